The predicted octanol–water partition coefficient (Wildman–Crippen LogP) is 5.84. The Kier molecular flexibility index (Phi) is 3.78. The molecule has 0 aromatic heterocycles. The van der Waals surface area contributed by atoms with Gasteiger partial charge in [0.25, 0.3) is 0 Å². The van der Waals surface area contributed by atoms with Crippen molar-refractivity contribution in [3.05, 3.63) is 0 Å². The van der Waals surface area contributed by atoms with Crippen LogP contribution in [0, 0.1) is 51.8 Å². The van der Waals surface area contributed by atoms with Crippen molar-refractivity contribution in [1.29, 1.82) is 0 Å². The van der Waals surface area contributed by atoms with E-state index in [0.29, 0.717) is 22.3 Å². The molecule has 10 atom stereocenters. The van der Waals surface area contributed by atoms with Crippen LogP contribution in [0.3, 0.4) is 0 Å². The van der Waals surface area contributed by atoms with Crippen molar-refractivity contribution in [2.45, 2.75) is 78.2 Å². The average molecular weight is 363 g/mol. The fourth-order valence-corrected chi connectivity index (χ4v) is 9.94. The molecule has 0 heterocycles. The van der Waals surface area contributed by atoms with E-state index in [1.807, 2.05) is 7.11 Å². The molecule has 0 aromatic carbocycles. The van der Waals surface area contributed by atoms with Gasteiger partial charge in [0.15, 0.2) is 0 Å². The molecule has 5 rings (SSSR count). The van der Waals surface area contributed by atoms with Gasteiger partial charge >= 0.3 is 0 Å². The number of rotatable bonds is 3. The topological polar surface area (TPSA) is 9.23 Å². The van der Waals surface area contributed by atoms with Gasteiger partial charge in [-0.05, 0) is 103 Å². The molecule has 1 nitrogen and oxygen atoms in total. The third-order valence-electron chi connectivity index (χ3n) is 10.9. The lowest BCUT2D eigenvalue weighted by Gasteiger charge is -2.61. The van der Waals surface area contributed by atoms with Crippen LogP contribution in [-0.2, 0) is 4.74 Å². The summed E-state index contributed by atoms with van der Waals surface area (Å²) in [6.45, 7) is 7.81. The van der Waals surface area contributed by atoms with E-state index < -0.39 is 0 Å². The van der Waals surface area contributed by atoms with Crippen LogP contribution in [0.5, 0.6) is 0 Å². The van der Waals surface area contributed by atoms with Crippen LogP contribution in [0.2, 0.25) is 0 Å². The van der Waals surface area contributed by atoms with Gasteiger partial charge in [-0.2, -0.15) is 12.6 Å². The summed E-state index contributed by atoms with van der Waals surface area (Å²) < 4.78 is 6.23. The molecule has 5 saturated carbocycles. The first-order chi connectivity index (χ1) is 11.9. The van der Waals surface area contributed by atoms with E-state index in [1.165, 1.54) is 51.4 Å². The molecule has 0 N–H and O–H groups in total. The first kappa shape index (κ1) is 17.4. The zero-order valence-corrected chi connectivity index (χ0v) is 17.7. The van der Waals surface area contributed by atoms with E-state index in [2.05, 4.69) is 33.4 Å². The van der Waals surface area contributed by atoms with E-state index in [0.717, 1.165) is 41.3 Å². The molecule has 2 heteroatoms. The molecule has 5 fully saturated rings. The summed E-state index contributed by atoms with van der Waals surface area (Å²) in [5, 5.41) is 0. The summed E-state index contributed by atoms with van der Waals surface area (Å²) in [7, 11) is 2.01. The summed E-state index contributed by atoms with van der Waals surface area (Å²) in [4.78, 5) is 0. The Hall–Kier alpha value is 0.310. The lowest BCUT2D eigenvalue weighted by molar-refractivity contribution is -0.160. The molecule has 142 valence electrons. The third kappa shape index (κ3) is 1.92. The Balaban J connectivity index is 1.49. The normalized spacial score (nSPS) is 60.4. The first-order valence-electron chi connectivity index (χ1n) is 11.1. The van der Waals surface area contributed by atoms with Crippen LogP contribution in [0.1, 0.15) is 72.1 Å². The van der Waals surface area contributed by atoms with Crippen LogP contribution in [-0.4, -0.2) is 19.0 Å². The quantitative estimate of drug-likeness (QED) is 0.621. The lowest BCUT2D eigenvalue weighted by atomic mass is 9.45. The smallest absolute Gasteiger partial charge is 0.0638 e. The lowest BCUT2D eigenvalue weighted by Crippen LogP contribution is -2.57. The predicted molar refractivity (Wildman–Crippen MR) is 107 cm³/mol. The minimum atomic E-state index is 0.551. The molecule has 0 unspecified atom stereocenters. The summed E-state index contributed by atoms with van der Waals surface area (Å²) in [5.74, 6) is 6.59. The number of hydrogen-bond acceptors (Lipinski definition) is 2. The second-order valence-corrected chi connectivity index (χ2v) is 11.5. The van der Waals surface area contributed by atoms with Gasteiger partial charge < -0.3 is 4.74 Å². The molecule has 5 aliphatic carbocycles. The van der Waals surface area contributed by atoms with Gasteiger partial charge in [-0.15, -0.1) is 0 Å². The van der Waals surface area contributed by atoms with Crippen molar-refractivity contribution in [3.8, 4) is 0 Å². The van der Waals surface area contributed by atoms with Crippen molar-refractivity contribution in [3.63, 3.8) is 0 Å². The van der Waals surface area contributed by atoms with E-state index in [1.54, 1.807) is 0 Å². The van der Waals surface area contributed by atoms with E-state index >= 15 is 0 Å². The van der Waals surface area contributed by atoms with Crippen molar-refractivity contribution in [2.24, 2.45) is 51.8 Å². The van der Waals surface area contributed by atoms with Crippen LogP contribution in [0.15, 0.2) is 0 Å². The number of thiol groups is 1. The molecule has 0 aromatic rings. The van der Waals surface area contributed by atoms with Gasteiger partial charge in [0.05, 0.1) is 6.10 Å². The van der Waals surface area contributed by atoms with Gasteiger partial charge in [-0.1, -0.05) is 20.8 Å². The highest BCUT2D eigenvalue weighted by Crippen LogP contribution is 2.82. The highest BCUT2D eigenvalue weighted by atomic mass is 32.1. The third-order valence-corrected chi connectivity index (χ3v) is 11.5. The average Bonchev–Trinajstić information content (AvgIpc) is 3.12. The highest BCUT2D eigenvalue weighted by molar-refractivity contribution is 7.80. The molecule has 0 saturated heterocycles. The summed E-state index contributed by atoms with van der Waals surface area (Å²) >= 11 is 4.67. The van der Waals surface area contributed by atoms with Gasteiger partial charge in [0.2, 0.25) is 0 Å². The van der Waals surface area contributed by atoms with Crippen molar-refractivity contribution < 1.29 is 4.74 Å². The molecule has 25 heavy (non-hydrogen) atoms. The highest BCUT2D eigenvalue weighted by Gasteiger charge is 2.77. The van der Waals surface area contributed by atoms with Gasteiger partial charge in [-0.3, -0.25) is 0 Å². The van der Waals surface area contributed by atoms with E-state index in [4.69, 9.17) is 4.74 Å². The maximum atomic E-state index is 6.23. The standard InChI is InChI=1S/C23H38OS/c1-14(13-25)17-5-6-18-16-11-20(24-4)23-12-15(23)7-10-22(23,3)19(16)8-9-21(17,18)2/h14-20,25H,5-13H2,1-4H3/t14-,15-,16+,17-,18+,19+,20-,21-,22-,23+/m1/s1. The van der Waals surface area contributed by atoms with Crippen LogP contribution in [0.4, 0.5) is 0 Å². The molecule has 0 radical (unpaired) electrons. The zero-order valence-electron chi connectivity index (χ0n) is 16.8. The van der Waals surface area contributed by atoms with Crippen LogP contribution >= 0.6 is 12.6 Å². The summed E-state index contributed by atoms with van der Waals surface area (Å²) in [5.41, 5.74) is 1.73. The Morgan fingerprint density at radius 3 is 2.56 bits per heavy atom. The zero-order chi connectivity index (χ0) is 17.6. The van der Waals surface area contributed by atoms with E-state index in [-0.39, 0.29) is 0 Å². The monoisotopic (exact) mass is 362 g/mol. The van der Waals surface area contributed by atoms with Crippen molar-refractivity contribution >= 4 is 12.6 Å². The molecule has 0 aliphatic heterocycles. The largest absolute Gasteiger partial charge is 0.381 e. The Labute approximate surface area is 160 Å². The SMILES string of the molecule is CO[C@@H]1C[C@H]2[C@@H]3CC[C@H]([C@H](C)CS)[C@@]3(C)CC[C@@H]2[C@@]2(C)CC[C@@H]3C[C@]312. The maximum absolute atomic E-state index is 6.23. The van der Waals surface area contributed by atoms with Crippen LogP contribution < -0.4 is 0 Å². The van der Waals surface area contributed by atoms with Crippen LogP contribution in [0.25, 0.3) is 0 Å². The van der Waals surface area contributed by atoms with Crippen molar-refractivity contribution in [1.82, 2.24) is 0 Å². The fourth-order valence-electron chi connectivity index (χ4n) is 9.68. The molecular weight excluding hydrogens is 324 g/mol. The summed E-state index contributed by atoms with van der Waals surface area (Å²) in [6.07, 6.45) is 12.3. The number of ether oxygens (including phenoxy) is 1. The van der Waals surface area contributed by atoms with Gasteiger partial charge in [0, 0.05) is 12.5 Å². The number of hydrogen-bond donors (Lipinski definition) is 1. The second-order valence-electron chi connectivity index (χ2n) is 11.1. The molecule has 5 aliphatic rings. The van der Waals surface area contributed by atoms with Gasteiger partial charge in [-0.25, -0.2) is 0 Å². The Bertz CT molecular complexity index is 562. The molecule has 1 spiro atoms. The Morgan fingerprint density at radius 2 is 1.88 bits per heavy atom. The molecule has 0 bridgehead atoms. The van der Waals surface area contributed by atoms with Crippen molar-refractivity contribution in [2.75, 3.05) is 12.9 Å². The Morgan fingerprint density at radius 1 is 1.08 bits per heavy atom. The number of fused-ring (bicyclic) bond motifs is 4. The number of methoxy groups -OCH3 is 1. The second kappa shape index (κ2) is 5.43. The maximum Gasteiger partial charge on any atom is 0.0638 e. The minimum absolute atomic E-state index is 0.551. The van der Waals surface area contributed by atoms with Gasteiger partial charge in [0.1, 0.15) is 0 Å². The first-order valence-corrected chi connectivity index (χ1v) is 11.7. The molecule has 0 amide bonds. The summed E-state index contributed by atoms with van der Waals surface area (Å²) in [6, 6.07) is 0. The fraction of sp³-hybridized carbons (Fsp3) is 1.00. The minimum Gasteiger partial charge on any atom is -0.381 e. The van der Waals surface area contributed by atoms with E-state index in [9.17, 15) is 0 Å². The molecular formula is C23H38OS.